The molecular weight excluding hydrogens is 282 g/mol. The van der Waals surface area contributed by atoms with Crippen molar-refractivity contribution in [1.82, 2.24) is 0 Å². The molecule has 0 aliphatic heterocycles. The fraction of sp³-hybridized carbons (Fsp3) is 0.125. The zero-order chi connectivity index (χ0) is 11.8. The molecule has 0 saturated carbocycles. The Hall–Kier alpha value is -1.11. The second kappa shape index (κ2) is 3.80. The fourth-order valence-electron chi connectivity index (χ4n) is 0.972. The van der Waals surface area contributed by atoms with Crippen LogP contribution < -0.4 is 5.73 Å². The predicted octanol–water partition coefficient (Wildman–Crippen LogP) is 2.71. The Bertz CT molecular complexity index is 393. The summed E-state index contributed by atoms with van der Waals surface area (Å²) in [6.45, 7) is 0. The van der Waals surface area contributed by atoms with Gasteiger partial charge >= 0.3 is 6.18 Å². The Morgan fingerprint density at radius 3 is 2.20 bits per heavy atom. The Morgan fingerprint density at radius 2 is 1.87 bits per heavy atom. The first-order chi connectivity index (χ1) is 6.73. The third kappa shape index (κ3) is 2.47. The van der Waals surface area contributed by atoms with Crippen LogP contribution in [0.25, 0.3) is 0 Å². The zero-order valence-electron chi connectivity index (χ0n) is 7.03. The number of carbonyl (C=O) groups excluding carboxylic acids is 1. The summed E-state index contributed by atoms with van der Waals surface area (Å²) < 4.78 is 49.3. The van der Waals surface area contributed by atoms with Crippen molar-refractivity contribution in [2.45, 2.75) is 6.18 Å². The van der Waals surface area contributed by atoms with Crippen molar-refractivity contribution in [3.05, 3.63) is 33.5 Å². The van der Waals surface area contributed by atoms with Gasteiger partial charge in [-0.1, -0.05) is 0 Å². The Balaban J connectivity index is 3.39. The van der Waals surface area contributed by atoms with E-state index in [1.165, 1.54) is 0 Å². The summed E-state index contributed by atoms with van der Waals surface area (Å²) in [4.78, 5) is 10.7. The number of amides is 1. The molecule has 0 spiro atoms. The predicted molar refractivity (Wildman–Crippen MR) is 47.6 cm³/mol. The zero-order valence-corrected chi connectivity index (χ0v) is 8.62. The van der Waals surface area contributed by atoms with E-state index in [1.807, 2.05) is 0 Å². The summed E-state index contributed by atoms with van der Waals surface area (Å²) in [5, 5.41) is 0. The smallest absolute Gasteiger partial charge is 0.365 e. The molecule has 2 N–H and O–H groups in total. The average molecular weight is 286 g/mol. The Kier molecular flexibility index (Phi) is 3.03. The molecule has 82 valence electrons. The van der Waals surface area contributed by atoms with Crippen LogP contribution in [0.3, 0.4) is 0 Å². The Morgan fingerprint density at radius 1 is 1.33 bits per heavy atom. The van der Waals surface area contributed by atoms with E-state index in [-0.39, 0.29) is 10.5 Å². The van der Waals surface area contributed by atoms with E-state index < -0.39 is 29.0 Å². The van der Waals surface area contributed by atoms with Gasteiger partial charge in [0.1, 0.15) is 5.82 Å². The van der Waals surface area contributed by atoms with Gasteiger partial charge in [-0.05, 0) is 28.1 Å². The molecule has 1 aromatic carbocycles. The molecule has 0 bridgehead atoms. The van der Waals surface area contributed by atoms with E-state index in [0.29, 0.717) is 6.07 Å². The van der Waals surface area contributed by atoms with Crippen LogP contribution in [0.1, 0.15) is 15.9 Å². The average Bonchev–Trinajstić information content (AvgIpc) is 1.99. The van der Waals surface area contributed by atoms with Gasteiger partial charge in [0, 0.05) is 4.47 Å². The van der Waals surface area contributed by atoms with Crippen molar-refractivity contribution >= 4 is 21.8 Å². The van der Waals surface area contributed by atoms with Crippen LogP contribution >= 0.6 is 15.9 Å². The molecule has 0 atom stereocenters. The summed E-state index contributed by atoms with van der Waals surface area (Å²) in [6.07, 6.45) is -4.67. The van der Waals surface area contributed by atoms with E-state index >= 15 is 0 Å². The number of rotatable bonds is 1. The highest BCUT2D eigenvalue weighted by molar-refractivity contribution is 9.10. The number of primary amides is 1. The largest absolute Gasteiger partial charge is 0.416 e. The third-order valence-corrected chi connectivity index (χ3v) is 2.24. The van der Waals surface area contributed by atoms with Crippen molar-refractivity contribution in [2.24, 2.45) is 5.73 Å². The standard InChI is InChI=1S/C8H4BrF4NO/c9-4-1-3(8(11,12)13)2-5(10)6(4)7(14)15/h1-2H,(H2,14,15). The second-order valence-electron chi connectivity index (χ2n) is 2.68. The lowest BCUT2D eigenvalue weighted by Gasteiger charge is -2.09. The quantitative estimate of drug-likeness (QED) is 0.792. The molecule has 1 amide bonds. The lowest BCUT2D eigenvalue weighted by atomic mass is 10.1. The van der Waals surface area contributed by atoms with Crippen LogP contribution in [0.2, 0.25) is 0 Å². The van der Waals surface area contributed by atoms with Crippen molar-refractivity contribution in [1.29, 1.82) is 0 Å². The molecule has 7 heteroatoms. The van der Waals surface area contributed by atoms with Crippen LogP contribution in [0, 0.1) is 5.82 Å². The Labute approximate surface area is 90.2 Å². The molecule has 0 fully saturated rings. The van der Waals surface area contributed by atoms with E-state index in [1.54, 1.807) is 0 Å². The summed E-state index contributed by atoms with van der Waals surface area (Å²) >= 11 is 2.65. The van der Waals surface area contributed by atoms with Gasteiger partial charge in [-0.2, -0.15) is 13.2 Å². The van der Waals surface area contributed by atoms with E-state index in [9.17, 15) is 22.4 Å². The normalized spacial score (nSPS) is 11.5. The third-order valence-electron chi connectivity index (χ3n) is 1.62. The fourth-order valence-corrected chi connectivity index (χ4v) is 1.60. The van der Waals surface area contributed by atoms with Crippen LogP contribution in [-0.2, 0) is 6.18 Å². The molecule has 2 nitrogen and oxygen atoms in total. The van der Waals surface area contributed by atoms with Crippen molar-refractivity contribution in [3.8, 4) is 0 Å². The van der Waals surface area contributed by atoms with Gasteiger partial charge in [0.25, 0.3) is 5.91 Å². The van der Waals surface area contributed by atoms with Gasteiger partial charge in [0.05, 0.1) is 11.1 Å². The number of hydrogen-bond donors (Lipinski definition) is 1. The molecule has 0 aliphatic carbocycles. The highest BCUT2D eigenvalue weighted by Crippen LogP contribution is 2.33. The number of carbonyl (C=O) groups is 1. The molecule has 0 heterocycles. The number of halogens is 5. The van der Waals surface area contributed by atoms with Gasteiger partial charge in [0.2, 0.25) is 0 Å². The molecule has 0 unspecified atom stereocenters. The number of nitrogens with two attached hydrogens (primary N) is 1. The van der Waals surface area contributed by atoms with E-state index in [4.69, 9.17) is 5.73 Å². The number of alkyl halides is 3. The lowest BCUT2D eigenvalue weighted by molar-refractivity contribution is -0.137. The molecule has 0 aromatic heterocycles. The van der Waals surface area contributed by atoms with Crippen LogP contribution in [0.5, 0.6) is 0 Å². The SMILES string of the molecule is NC(=O)c1c(F)cc(C(F)(F)F)cc1Br. The second-order valence-corrected chi connectivity index (χ2v) is 3.53. The van der Waals surface area contributed by atoms with Gasteiger partial charge in [0.15, 0.2) is 0 Å². The number of hydrogen-bond acceptors (Lipinski definition) is 1. The molecule has 1 rings (SSSR count). The summed E-state index contributed by atoms with van der Waals surface area (Å²) in [5.41, 5.74) is 3.01. The first-order valence-corrected chi connectivity index (χ1v) is 4.39. The minimum Gasteiger partial charge on any atom is -0.365 e. The van der Waals surface area contributed by atoms with E-state index in [2.05, 4.69) is 15.9 Å². The topological polar surface area (TPSA) is 43.1 Å². The molecule has 0 saturated heterocycles. The first-order valence-electron chi connectivity index (χ1n) is 3.59. The highest BCUT2D eigenvalue weighted by Gasteiger charge is 2.32. The van der Waals surface area contributed by atoms with Gasteiger partial charge < -0.3 is 5.73 Å². The maximum atomic E-state index is 13.1. The monoisotopic (exact) mass is 285 g/mol. The van der Waals surface area contributed by atoms with Crippen LogP contribution in [0.15, 0.2) is 16.6 Å². The summed E-state index contributed by atoms with van der Waals surface area (Å²) in [6, 6.07) is 0.827. The maximum Gasteiger partial charge on any atom is 0.416 e. The minimum atomic E-state index is -4.67. The maximum absolute atomic E-state index is 13.1. The number of benzene rings is 1. The van der Waals surface area contributed by atoms with Crippen molar-refractivity contribution < 1.29 is 22.4 Å². The summed E-state index contributed by atoms with van der Waals surface area (Å²) in [5.74, 6) is -2.43. The van der Waals surface area contributed by atoms with Gasteiger partial charge in [-0.25, -0.2) is 4.39 Å². The van der Waals surface area contributed by atoms with Crippen LogP contribution in [0.4, 0.5) is 17.6 Å². The molecular formula is C8H4BrF4NO. The minimum absolute atomic E-state index is 0.227. The van der Waals surface area contributed by atoms with Gasteiger partial charge in [-0.15, -0.1) is 0 Å². The molecule has 1 aromatic rings. The van der Waals surface area contributed by atoms with Crippen molar-refractivity contribution in [3.63, 3.8) is 0 Å². The van der Waals surface area contributed by atoms with Crippen LogP contribution in [-0.4, -0.2) is 5.91 Å². The molecule has 15 heavy (non-hydrogen) atoms. The molecule has 0 radical (unpaired) electrons. The molecule has 0 aliphatic rings. The first kappa shape index (κ1) is 12.0. The lowest BCUT2D eigenvalue weighted by Crippen LogP contribution is -2.16. The summed E-state index contributed by atoms with van der Waals surface area (Å²) in [7, 11) is 0. The highest BCUT2D eigenvalue weighted by atomic mass is 79.9. The van der Waals surface area contributed by atoms with E-state index in [0.717, 1.165) is 0 Å². The van der Waals surface area contributed by atoms with Crippen molar-refractivity contribution in [2.75, 3.05) is 0 Å². The van der Waals surface area contributed by atoms with Gasteiger partial charge in [-0.3, -0.25) is 4.79 Å².